The SMILES string of the molecule is O=C(O)N1CCC[C@@H]1CNc1ccc(CO)cc1[N+](=O)[O-]. The van der Waals surface area contributed by atoms with Gasteiger partial charge in [0.25, 0.3) is 5.69 Å². The number of anilines is 1. The van der Waals surface area contributed by atoms with Crippen LogP contribution >= 0.6 is 0 Å². The molecule has 1 aliphatic rings. The topological polar surface area (TPSA) is 116 Å². The number of nitro groups is 1. The first-order chi connectivity index (χ1) is 10.0. The van der Waals surface area contributed by atoms with E-state index in [-0.39, 0.29) is 18.3 Å². The average molecular weight is 295 g/mol. The molecule has 3 N–H and O–H groups in total. The van der Waals surface area contributed by atoms with E-state index in [0.717, 1.165) is 12.8 Å². The molecule has 0 saturated carbocycles. The minimum absolute atomic E-state index is 0.124. The van der Waals surface area contributed by atoms with E-state index in [1.165, 1.54) is 17.0 Å². The van der Waals surface area contributed by atoms with Crippen LogP contribution in [0, 0.1) is 10.1 Å². The van der Waals surface area contributed by atoms with E-state index in [9.17, 15) is 14.9 Å². The molecule has 1 aromatic rings. The van der Waals surface area contributed by atoms with Crippen LogP contribution in [0.2, 0.25) is 0 Å². The van der Waals surface area contributed by atoms with E-state index in [1.807, 2.05) is 0 Å². The fourth-order valence-electron chi connectivity index (χ4n) is 2.50. The van der Waals surface area contributed by atoms with Crippen molar-refractivity contribution < 1.29 is 19.9 Å². The second-order valence-electron chi connectivity index (χ2n) is 4.92. The van der Waals surface area contributed by atoms with E-state index in [4.69, 9.17) is 10.2 Å². The summed E-state index contributed by atoms with van der Waals surface area (Å²) in [6.07, 6.45) is 0.566. The maximum Gasteiger partial charge on any atom is 0.407 e. The first-order valence-electron chi connectivity index (χ1n) is 6.64. The van der Waals surface area contributed by atoms with Crippen molar-refractivity contribution >= 4 is 17.5 Å². The smallest absolute Gasteiger partial charge is 0.407 e. The number of rotatable bonds is 5. The number of nitro benzene ring substituents is 1. The van der Waals surface area contributed by atoms with Gasteiger partial charge in [0, 0.05) is 19.2 Å². The molecule has 1 heterocycles. The Hall–Kier alpha value is -2.35. The van der Waals surface area contributed by atoms with Crippen molar-refractivity contribution in [2.24, 2.45) is 0 Å². The maximum absolute atomic E-state index is 11.0. The molecule has 1 saturated heterocycles. The highest BCUT2D eigenvalue weighted by molar-refractivity contribution is 5.66. The molecule has 0 radical (unpaired) electrons. The van der Waals surface area contributed by atoms with Crippen LogP contribution in [0.4, 0.5) is 16.2 Å². The molecule has 0 unspecified atom stereocenters. The lowest BCUT2D eigenvalue weighted by atomic mass is 10.1. The molecule has 21 heavy (non-hydrogen) atoms. The molecule has 1 amide bonds. The van der Waals surface area contributed by atoms with Gasteiger partial charge in [0.1, 0.15) is 5.69 Å². The first kappa shape index (κ1) is 15.0. The minimum Gasteiger partial charge on any atom is -0.465 e. The lowest BCUT2D eigenvalue weighted by molar-refractivity contribution is -0.384. The van der Waals surface area contributed by atoms with Crippen molar-refractivity contribution in [2.75, 3.05) is 18.4 Å². The van der Waals surface area contributed by atoms with Crippen LogP contribution in [0.5, 0.6) is 0 Å². The third-order valence-electron chi connectivity index (χ3n) is 3.59. The van der Waals surface area contributed by atoms with Gasteiger partial charge >= 0.3 is 6.09 Å². The fourth-order valence-corrected chi connectivity index (χ4v) is 2.50. The maximum atomic E-state index is 11.0. The molecule has 1 aliphatic heterocycles. The highest BCUT2D eigenvalue weighted by Gasteiger charge is 2.28. The Morgan fingerprint density at radius 3 is 2.90 bits per heavy atom. The molecule has 8 nitrogen and oxygen atoms in total. The van der Waals surface area contributed by atoms with Crippen molar-refractivity contribution in [3.8, 4) is 0 Å². The van der Waals surface area contributed by atoms with Crippen LogP contribution in [-0.4, -0.2) is 45.3 Å². The number of hydrogen-bond donors (Lipinski definition) is 3. The second kappa shape index (κ2) is 6.40. The van der Waals surface area contributed by atoms with E-state index >= 15 is 0 Å². The third kappa shape index (κ3) is 3.40. The van der Waals surface area contributed by atoms with Gasteiger partial charge in [-0.25, -0.2) is 4.79 Å². The summed E-state index contributed by atoms with van der Waals surface area (Å²) >= 11 is 0. The van der Waals surface area contributed by atoms with Crippen LogP contribution in [0.15, 0.2) is 18.2 Å². The third-order valence-corrected chi connectivity index (χ3v) is 3.59. The van der Waals surface area contributed by atoms with Crippen molar-refractivity contribution in [1.82, 2.24) is 4.90 Å². The van der Waals surface area contributed by atoms with Crippen LogP contribution < -0.4 is 5.32 Å². The van der Waals surface area contributed by atoms with Gasteiger partial charge in [-0.05, 0) is 24.5 Å². The average Bonchev–Trinajstić information content (AvgIpc) is 2.93. The number of carbonyl (C=O) groups is 1. The van der Waals surface area contributed by atoms with Gasteiger partial charge in [-0.3, -0.25) is 10.1 Å². The predicted octanol–water partition coefficient (Wildman–Crippen LogP) is 1.64. The number of likely N-dealkylation sites (tertiary alicyclic amines) is 1. The molecular weight excluding hydrogens is 278 g/mol. The zero-order valence-electron chi connectivity index (χ0n) is 11.4. The van der Waals surface area contributed by atoms with Crippen LogP contribution in [0.25, 0.3) is 0 Å². The van der Waals surface area contributed by atoms with E-state index in [0.29, 0.717) is 24.3 Å². The number of hydrogen-bond acceptors (Lipinski definition) is 5. The molecule has 114 valence electrons. The Morgan fingerprint density at radius 1 is 1.52 bits per heavy atom. The second-order valence-corrected chi connectivity index (χ2v) is 4.92. The summed E-state index contributed by atoms with van der Waals surface area (Å²) in [5.74, 6) is 0. The number of nitrogens with one attached hydrogen (secondary N) is 1. The standard InChI is InChI=1S/C13H17N3O5/c17-8-9-3-4-11(12(6-9)16(20)21)14-7-10-2-1-5-15(10)13(18)19/h3-4,6,10,14,17H,1-2,5,7-8H2,(H,18,19)/t10-/m1/s1. The minimum atomic E-state index is -0.968. The number of nitrogens with zero attached hydrogens (tertiary/aromatic N) is 2. The van der Waals surface area contributed by atoms with Crippen LogP contribution in [0.3, 0.4) is 0 Å². The number of aliphatic hydroxyl groups is 1. The highest BCUT2D eigenvalue weighted by Crippen LogP contribution is 2.26. The Balaban J connectivity index is 2.09. The molecular formula is C13H17N3O5. The van der Waals surface area contributed by atoms with Crippen molar-refractivity contribution in [3.05, 3.63) is 33.9 Å². The Morgan fingerprint density at radius 2 is 2.29 bits per heavy atom. The molecule has 0 spiro atoms. The van der Waals surface area contributed by atoms with Gasteiger partial charge in [0.05, 0.1) is 17.6 Å². The first-order valence-corrected chi connectivity index (χ1v) is 6.64. The lowest BCUT2D eigenvalue weighted by Gasteiger charge is -2.22. The normalized spacial score (nSPS) is 17.8. The summed E-state index contributed by atoms with van der Waals surface area (Å²) in [5, 5.41) is 32.1. The van der Waals surface area contributed by atoms with Crippen molar-refractivity contribution in [1.29, 1.82) is 0 Å². The highest BCUT2D eigenvalue weighted by atomic mass is 16.6. The molecule has 1 atom stereocenters. The van der Waals surface area contributed by atoms with Gasteiger partial charge in [0.2, 0.25) is 0 Å². The molecule has 1 fully saturated rings. The zero-order chi connectivity index (χ0) is 15.4. The Labute approximate surface area is 121 Å². The summed E-state index contributed by atoms with van der Waals surface area (Å²) < 4.78 is 0. The fraction of sp³-hybridized carbons (Fsp3) is 0.462. The summed E-state index contributed by atoms with van der Waals surface area (Å²) in [6, 6.07) is 4.26. The molecule has 8 heteroatoms. The van der Waals surface area contributed by atoms with Gasteiger partial charge in [-0.1, -0.05) is 6.07 Å². The van der Waals surface area contributed by atoms with E-state index < -0.39 is 11.0 Å². The molecule has 2 rings (SSSR count). The quantitative estimate of drug-likeness (QED) is 0.561. The summed E-state index contributed by atoms with van der Waals surface area (Å²) in [5.41, 5.74) is 0.663. The molecule has 1 aromatic carbocycles. The molecule has 0 aromatic heterocycles. The number of carboxylic acid groups (broad SMARTS) is 1. The molecule has 0 aliphatic carbocycles. The summed E-state index contributed by atoms with van der Waals surface area (Å²) in [7, 11) is 0. The Kier molecular flexibility index (Phi) is 4.59. The monoisotopic (exact) mass is 295 g/mol. The van der Waals surface area contributed by atoms with Crippen molar-refractivity contribution in [2.45, 2.75) is 25.5 Å². The number of aliphatic hydroxyl groups excluding tert-OH is 1. The van der Waals surface area contributed by atoms with Gasteiger partial charge < -0.3 is 20.4 Å². The predicted molar refractivity (Wildman–Crippen MR) is 75.3 cm³/mol. The largest absolute Gasteiger partial charge is 0.465 e. The van der Waals surface area contributed by atoms with Gasteiger partial charge in [-0.2, -0.15) is 0 Å². The van der Waals surface area contributed by atoms with Crippen LogP contribution in [-0.2, 0) is 6.61 Å². The summed E-state index contributed by atoms with van der Waals surface area (Å²) in [6.45, 7) is 0.551. The van der Waals surface area contributed by atoms with Gasteiger partial charge in [-0.15, -0.1) is 0 Å². The molecule has 0 bridgehead atoms. The number of benzene rings is 1. The van der Waals surface area contributed by atoms with E-state index in [2.05, 4.69) is 5.32 Å². The number of amides is 1. The Bertz CT molecular complexity index is 549. The van der Waals surface area contributed by atoms with Gasteiger partial charge in [0.15, 0.2) is 0 Å². The van der Waals surface area contributed by atoms with Crippen molar-refractivity contribution in [3.63, 3.8) is 0 Å². The zero-order valence-corrected chi connectivity index (χ0v) is 11.4. The van der Waals surface area contributed by atoms with E-state index in [1.54, 1.807) is 6.07 Å². The lowest BCUT2D eigenvalue weighted by Crippen LogP contribution is -2.38. The summed E-state index contributed by atoms with van der Waals surface area (Å²) in [4.78, 5) is 22.9. The van der Waals surface area contributed by atoms with Crippen LogP contribution in [0.1, 0.15) is 18.4 Å².